The lowest BCUT2D eigenvalue weighted by Crippen LogP contribution is -2.13. The minimum absolute atomic E-state index is 0.110. The number of halogens is 1. The molecule has 2 rings (SSSR count). The van der Waals surface area contributed by atoms with E-state index in [2.05, 4.69) is 38.2 Å². The molecule has 2 nitrogen and oxygen atoms in total. The molecule has 0 saturated carbocycles. The van der Waals surface area contributed by atoms with Gasteiger partial charge in [-0.3, -0.25) is 0 Å². The van der Waals surface area contributed by atoms with Crippen molar-refractivity contribution in [2.24, 2.45) is 0 Å². The van der Waals surface area contributed by atoms with Crippen molar-refractivity contribution in [2.45, 2.75) is 26.2 Å². The molecule has 2 aromatic carbocycles. The van der Waals surface area contributed by atoms with Gasteiger partial charge in [-0.25, -0.2) is 4.39 Å². The molecule has 21 heavy (non-hydrogen) atoms. The number of rotatable bonds is 5. The van der Waals surface area contributed by atoms with Gasteiger partial charge in [0, 0.05) is 12.2 Å². The van der Waals surface area contributed by atoms with E-state index in [1.807, 2.05) is 18.2 Å². The summed E-state index contributed by atoms with van der Waals surface area (Å²) in [7, 11) is 0. The minimum atomic E-state index is -0.237. The van der Waals surface area contributed by atoms with Crippen LogP contribution in [0.1, 0.15) is 26.3 Å². The van der Waals surface area contributed by atoms with Crippen LogP contribution in [0.5, 0.6) is 5.75 Å². The van der Waals surface area contributed by atoms with E-state index in [9.17, 15) is 4.39 Å². The van der Waals surface area contributed by atoms with Gasteiger partial charge in [0.25, 0.3) is 0 Å². The molecule has 0 aromatic heterocycles. The van der Waals surface area contributed by atoms with Crippen molar-refractivity contribution in [2.75, 3.05) is 18.5 Å². The van der Waals surface area contributed by atoms with Crippen molar-refractivity contribution >= 4 is 5.69 Å². The van der Waals surface area contributed by atoms with Crippen molar-refractivity contribution in [3.63, 3.8) is 0 Å². The van der Waals surface area contributed by atoms with Gasteiger partial charge in [-0.05, 0) is 41.3 Å². The van der Waals surface area contributed by atoms with Gasteiger partial charge in [0.1, 0.15) is 18.2 Å². The van der Waals surface area contributed by atoms with Crippen LogP contribution in [0, 0.1) is 5.82 Å². The van der Waals surface area contributed by atoms with Crippen LogP contribution in [0.25, 0.3) is 0 Å². The molecule has 3 heteroatoms. The van der Waals surface area contributed by atoms with Crippen LogP contribution in [0.4, 0.5) is 10.1 Å². The highest BCUT2D eigenvalue weighted by molar-refractivity contribution is 5.43. The molecule has 0 atom stereocenters. The third kappa shape index (κ3) is 4.78. The molecule has 1 N–H and O–H groups in total. The average Bonchev–Trinajstić information content (AvgIpc) is 2.43. The van der Waals surface area contributed by atoms with Crippen LogP contribution in [0.15, 0.2) is 48.5 Å². The zero-order valence-corrected chi connectivity index (χ0v) is 12.8. The van der Waals surface area contributed by atoms with Crippen molar-refractivity contribution in [1.29, 1.82) is 0 Å². The number of ether oxygens (including phenoxy) is 1. The maximum atomic E-state index is 13.0. The Bertz CT molecular complexity index is 590. The normalized spacial score (nSPS) is 11.2. The maximum absolute atomic E-state index is 13.0. The second-order valence-electron chi connectivity index (χ2n) is 6.06. The fourth-order valence-electron chi connectivity index (χ4n) is 2.02. The molecule has 0 heterocycles. The Morgan fingerprint density at radius 2 is 1.81 bits per heavy atom. The summed E-state index contributed by atoms with van der Waals surface area (Å²) in [5.74, 6) is 0.627. The largest absolute Gasteiger partial charge is 0.492 e. The van der Waals surface area contributed by atoms with Crippen LogP contribution in [0.2, 0.25) is 0 Å². The highest BCUT2D eigenvalue weighted by Gasteiger charge is 2.13. The molecule has 0 fully saturated rings. The van der Waals surface area contributed by atoms with Gasteiger partial charge in [0.05, 0.1) is 0 Å². The summed E-state index contributed by atoms with van der Waals surface area (Å²) in [6, 6.07) is 14.6. The highest BCUT2D eigenvalue weighted by Crippen LogP contribution is 2.25. The van der Waals surface area contributed by atoms with Crippen LogP contribution < -0.4 is 10.1 Å². The van der Waals surface area contributed by atoms with Gasteiger partial charge < -0.3 is 10.1 Å². The summed E-state index contributed by atoms with van der Waals surface area (Å²) in [6.07, 6.45) is 0. The Hall–Kier alpha value is -2.03. The molecule has 0 spiro atoms. The molecule has 0 saturated heterocycles. The first-order valence-corrected chi connectivity index (χ1v) is 7.18. The molecule has 2 aromatic rings. The number of nitrogens with one attached hydrogen (secondary N) is 1. The van der Waals surface area contributed by atoms with E-state index in [4.69, 9.17) is 4.74 Å². The lowest BCUT2D eigenvalue weighted by Gasteiger charge is -2.19. The van der Waals surface area contributed by atoms with Gasteiger partial charge in [-0.1, -0.05) is 39.0 Å². The molecule has 0 bridgehead atoms. The van der Waals surface area contributed by atoms with Crippen molar-refractivity contribution in [3.8, 4) is 5.75 Å². The number of hydrogen-bond acceptors (Lipinski definition) is 2. The Morgan fingerprint density at radius 3 is 2.52 bits per heavy atom. The van der Waals surface area contributed by atoms with Crippen molar-refractivity contribution < 1.29 is 9.13 Å². The molecule has 0 aliphatic heterocycles. The van der Waals surface area contributed by atoms with Crippen molar-refractivity contribution in [3.05, 3.63) is 59.9 Å². The summed E-state index contributed by atoms with van der Waals surface area (Å²) < 4.78 is 18.8. The fourth-order valence-corrected chi connectivity index (χ4v) is 2.02. The monoisotopic (exact) mass is 287 g/mol. The third-order valence-electron chi connectivity index (χ3n) is 3.22. The summed E-state index contributed by atoms with van der Waals surface area (Å²) in [5, 5.41) is 3.14. The van der Waals surface area contributed by atoms with E-state index in [1.54, 1.807) is 6.07 Å². The first kappa shape index (κ1) is 15.4. The van der Waals surface area contributed by atoms with Gasteiger partial charge >= 0.3 is 0 Å². The molecular weight excluding hydrogens is 265 g/mol. The number of benzene rings is 2. The molecule has 0 amide bonds. The Morgan fingerprint density at radius 1 is 1.05 bits per heavy atom. The third-order valence-corrected chi connectivity index (χ3v) is 3.22. The summed E-state index contributed by atoms with van der Waals surface area (Å²) in [5.41, 5.74) is 2.12. The van der Waals surface area contributed by atoms with E-state index in [0.717, 1.165) is 11.4 Å². The first-order chi connectivity index (χ1) is 9.95. The molecule has 112 valence electrons. The lowest BCUT2D eigenvalue weighted by atomic mass is 9.87. The van der Waals surface area contributed by atoms with Crippen LogP contribution in [0.3, 0.4) is 0 Å². The summed E-state index contributed by atoms with van der Waals surface area (Å²) in [4.78, 5) is 0. The highest BCUT2D eigenvalue weighted by atomic mass is 19.1. The SMILES string of the molecule is CC(C)(C)c1cccc(OCCNc2cccc(F)c2)c1. The molecular formula is C18H22FNO. The lowest BCUT2D eigenvalue weighted by molar-refractivity contribution is 0.332. The standard InChI is InChI=1S/C18H22FNO/c1-18(2,3)14-6-4-9-17(12-14)21-11-10-20-16-8-5-7-15(19)13-16/h4-9,12-13,20H,10-11H2,1-3H3. The predicted molar refractivity (Wildman–Crippen MR) is 85.5 cm³/mol. The smallest absolute Gasteiger partial charge is 0.125 e. The van der Waals surface area contributed by atoms with Crippen LogP contribution in [-0.2, 0) is 5.41 Å². The van der Waals surface area contributed by atoms with Crippen LogP contribution in [-0.4, -0.2) is 13.2 Å². The Balaban J connectivity index is 1.84. The maximum Gasteiger partial charge on any atom is 0.125 e. The van der Waals surface area contributed by atoms with Crippen LogP contribution >= 0.6 is 0 Å². The molecule has 0 unspecified atom stereocenters. The second-order valence-corrected chi connectivity index (χ2v) is 6.06. The van der Waals surface area contributed by atoms with Gasteiger partial charge in [0.15, 0.2) is 0 Å². The summed E-state index contributed by atoms with van der Waals surface area (Å²) in [6.45, 7) is 7.69. The molecule has 0 aliphatic rings. The zero-order chi connectivity index (χ0) is 15.3. The Kier molecular flexibility index (Phi) is 4.84. The second kappa shape index (κ2) is 6.61. The topological polar surface area (TPSA) is 21.3 Å². The zero-order valence-electron chi connectivity index (χ0n) is 12.8. The fraction of sp³-hybridized carbons (Fsp3) is 0.333. The van der Waals surface area contributed by atoms with Crippen molar-refractivity contribution in [1.82, 2.24) is 0 Å². The summed E-state index contributed by atoms with van der Waals surface area (Å²) >= 11 is 0. The quantitative estimate of drug-likeness (QED) is 0.811. The molecule has 0 radical (unpaired) electrons. The van der Waals surface area contributed by atoms with Gasteiger partial charge in [-0.15, -0.1) is 0 Å². The van der Waals surface area contributed by atoms with E-state index < -0.39 is 0 Å². The van der Waals surface area contributed by atoms with E-state index in [-0.39, 0.29) is 11.2 Å². The van der Waals surface area contributed by atoms with Gasteiger partial charge in [-0.2, -0.15) is 0 Å². The minimum Gasteiger partial charge on any atom is -0.492 e. The van der Waals surface area contributed by atoms with E-state index in [1.165, 1.54) is 17.7 Å². The van der Waals surface area contributed by atoms with E-state index >= 15 is 0 Å². The number of anilines is 1. The Labute approximate surface area is 126 Å². The molecule has 0 aliphatic carbocycles. The van der Waals surface area contributed by atoms with E-state index in [0.29, 0.717) is 13.2 Å². The average molecular weight is 287 g/mol. The number of hydrogen-bond donors (Lipinski definition) is 1. The van der Waals surface area contributed by atoms with Gasteiger partial charge in [0.2, 0.25) is 0 Å². The first-order valence-electron chi connectivity index (χ1n) is 7.18. The predicted octanol–water partition coefficient (Wildman–Crippen LogP) is 4.61.